The predicted octanol–water partition coefficient (Wildman–Crippen LogP) is 0.523. The van der Waals surface area contributed by atoms with Crippen molar-refractivity contribution < 1.29 is 40.2 Å². The highest BCUT2D eigenvalue weighted by atomic mass is 16.6. The van der Waals surface area contributed by atoms with Gasteiger partial charge in [0.1, 0.15) is 18.0 Å². The quantitative estimate of drug-likeness (QED) is 0.339. The number of aromatic carboxylic acids is 1. The van der Waals surface area contributed by atoms with Crippen LogP contribution in [0.2, 0.25) is 0 Å². The van der Waals surface area contributed by atoms with E-state index in [4.69, 9.17) is 14.9 Å². The van der Waals surface area contributed by atoms with Crippen molar-refractivity contribution in [2.75, 3.05) is 6.61 Å². The largest absolute Gasteiger partial charge is 0.478 e. The zero-order valence-corrected chi connectivity index (χ0v) is 15.3. The molecule has 2 aromatic rings. The van der Waals surface area contributed by atoms with Crippen LogP contribution in [0.3, 0.4) is 0 Å². The van der Waals surface area contributed by atoms with Gasteiger partial charge in [0, 0.05) is 6.61 Å². The number of hydrogen-bond donors (Lipinski definition) is 6. The Morgan fingerprint density at radius 1 is 1.00 bits per heavy atom. The van der Waals surface area contributed by atoms with E-state index in [0.717, 1.165) is 5.56 Å². The Morgan fingerprint density at radius 3 is 2.29 bits per heavy atom. The molecule has 6 N–H and O–H groups in total. The van der Waals surface area contributed by atoms with E-state index in [1.807, 2.05) is 0 Å². The average molecular weight is 392 g/mol. The summed E-state index contributed by atoms with van der Waals surface area (Å²) in [7, 11) is 0. The van der Waals surface area contributed by atoms with Crippen LogP contribution in [0.5, 0.6) is 5.75 Å². The summed E-state index contributed by atoms with van der Waals surface area (Å²) in [5.74, 6) is -0.786. The number of ether oxygens (including phenoxy) is 1. The second-order valence-electron chi connectivity index (χ2n) is 6.44. The van der Waals surface area contributed by atoms with Crippen LogP contribution in [0.25, 0.3) is 11.1 Å². The minimum absolute atomic E-state index is 0.157. The lowest BCUT2D eigenvalue weighted by molar-refractivity contribution is -0.166. The summed E-state index contributed by atoms with van der Waals surface area (Å²) in [4.78, 5) is 11.1. The molecule has 152 valence electrons. The van der Waals surface area contributed by atoms with Gasteiger partial charge in [-0.15, -0.1) is 0 Å². The highest BCUT2D eigenvalue weighted by Crippen LogP contribution is 2.28. The number of carboxylic acids is 1. The maximum absolute atomic E-state index is 11.1. The second kappa shape index (κ2) is 9.63. The molecule has 0 heterocycles. The second-order valence-corrected chi connectivity index (χ2v) is 6.44. The maximum Gasteiger partial charge on any atom is 0.335 e. The van der Waals surface area contributed by atoms with Crippen molar-refractivity contribution in [2.24, 2.45) is 0 Å². The minimum Gasteiger partial charge on any atom is -0.478 e. The van der Waals surface area contributed by atoms with Crippen molar-refractivity contribution in [3.05, 3.63) is 53.6 Å². The van der Waals surface area contributed by atoms with Gasteiger partial charge in [-0.2, -0.15) is 0 Å². The first-order valence-corrected chi connectivity index (χ1v) is 8.68. The van der Waals surface area contributed by atoms with Gasteiger partial charge in [0.05, 0.1) is 11.7 Å². The van der Waals surface area contributed by atoms with Gasteiger partial charge in [-0.1, -0.05) is 18.2 Å². The van der Waals surface area contributed by atoms with Crippen molar-refractivity contribution in [1.82, 2.24) is 0 Å². The van der Waals surface area contributed by atoms with E-state index in [0.29, 0.717) is 11.1 Å². The number of hydrogen-bond acceptors (Lipinski definition) is 7. The van der Waals surface area contributed by atoms with Crippen molar-refractivity contribution in [3.63, 3.8) is 0 Å². The molecule has 28 heavy (non-hydrogen) atoms. The normalized spacial score (nSPS) is 15.5. The van der Waals surface area contributed by atoms with Crippen LogP contribution >= 0.6 is 0 Å². The molecule has 4 unspecified atom stereocenters. The molecule has 4 atom stereocenters. The molecular weight excluding hydrogens is 368 g/mol. The number of benzene rings is 2. The lowest BCUT2D eigenvalue weighted by atomic mass is 10.0. The third-order valence-corrected chi connectivity index (χ3v) is 4.33. The van der Waals surface area contributed by atoms with Crippen LogP contribution in [-0.4, -0.2) is 67.8 Å². The van der Waals surface area contributed by atoms with Gasteiger partial charge >= 0.3 is 5.97 Å². The summed E-state index contributed by atoms with van der Waals surface area (Å²) in [6, 6.07) is 11.4. The summed E-state index contributed by atoms with van der Waals surface area (Å²) < 4.78 is 5.29. The monoisotopic (exact) mass is 392 g/mol. The molecule has 8 nitrogen and oxygen atoms in total. The standard InChI is InChI=1S/C20H24O8/c1-11-9-13(12-3-2-4-14(10-12)19(25)26)5-6-16(11)28-20(27)18(24)17(23)15(22)7-8-21/h2-6,9-10,15,17-18,20-24,27H,7-8H2,1H3,(H,25,26). The van der Waals surface area contributed by atoms with E-state index >= 15 is 0 Å². The van der Waals surface area contributed by atoms with E-state index < -0.39 is 30.6 Å². The molecule has 0 bridgehead atoms. The molecule has 0 spiro atoms. The first-order valence-electron chi connectivity index (χ1n) is 8.68. The number of aliphatic hydroxyl groups excluding tert-OH is 5. The first kappa shape index (κ1) is 21.8. The first-order chi connectivity index (χ1) is 13.2. The molecule has 0 saturated carbocycles. The third kappa shape index (κ3) is 5.28. The predicted molar refractivity (Wildman–Crippen MR) is 99.9 cm³/mol. The minimum atomic E-state index is -1.80. The molecule has 8 heteroatoms. The van der Waals surface area contributed by atoms with E-state index in [2.05, 4.69) is 0 Å². The van der Waals surface area contributed by atoms with Gasteiger partial charge in [0.2, 0.25) is 6.29 Å². The summed E-state index contributed by atoms with van der Waals surface area (Å²) in [6.07, 6.45) is -6.85. The summed E-state index contributed by atoms with van der Waals surface area (Å²) in [5, 5.41) is 57.2. The lowest BCUT2D eigenvalue weighted by Gasteiger charge is -2.27. The Balaban J connectivity index is 2.14. The summed E-state index contributed by atoms with van der Waals surface area (Å²) in [6.45, 7) is 1.32. The maximum atomic E-state index is 11.1. The fourth-order valence-corrected chi connectivity index (χ4v) is 2.69. The zero-order chi connectivity index (χ0) is 20.8. The Kier molecular flexibility index (Phi) is 7.50. The van der Waals surface area contributed by atoms with Crippen LogP contribution in [0.15, 0.2) is 42.5 Å². The van der Waals surface area contributed by atoms with Crippen molar-refractivity contribution in [3.8, 4) is 16.9 Å². The molecule has 2 rings (SSSR count). The Morgan fingerprint density at radius 2 is 1.68 bits per heavy atom. The van der Waals surface area contributed by atoms with Gasteiger partial charge in [0.25, 0.3) is 0 Å². The molecule has 0 fully saturated rings. The summed E-state index contributed by atoms with van der Waals surface area (Å²) in [5.41, 5.74) is 2.19. The van der Waals surface area contributed by atoms with Gasteiger partial charge in [0.15, 0.2) is 0 Å². The molecule has 0 radical (unpaired) electrons. The Labute approximate surface area is 161 Å². The molecular formula is C20H24O8. The highest BCUT2D eigenvalue weighted by Gasteiger charge is 2.31. The molecule has 0 aliphatic heterocycles. The molecule has 0 aliphatic rings. The SMILES string of the molecule is Cc1cc(-c2cccc(C(=O)O)c2)ccc1OC(O)C(O)C(O)C(O)CCO. The van der Waals surface area contributed by atoms with Crippen LogP contribution in [0.1, 0.15) is 22.3 Å². The van der Waals surface area contributed by atoms with Gasteiger partial charge in [-0.25, -0.2) is 4.79 Å². The number of rotatable bonds is 9. The molecule has 2 aromatic carbocycles. The van der Waals surface area contributed by atoms with Gasteiger partial charge in [-0.3, -0.25) is 0 Å². The highest BCUT2D eigenvalue weighted by molar-refractivity contribution is 5.89. The van der Waals surface area contributed by atoms with E-state index in [1.165, 1.54) is 12.1 Å². The van der Waals surface area contributed by atoms with Gasteiger partial charge in [-0.05, 0) is 54.3 Å². The van der Waals surface area contributed by atoms with Crippen LogP contribution < -0.4 is 4.74 Å². The Hall–Kier alpha value is -2.49. The van der Waals surface area contributed by atoms with Crippen molar-refractivity contribution in [2.45, 2.75) is 37.9 Å². The van der Waals surface area contributed by atoms with Crippen LogP contribution in [0.4, 0.5) is 0 Å². The number of aryl methyl sites for hydroxylation is 1. The molecule has 0 amide bonds. The van der Waals surface area contributed by atoms with Crippen molar-refractivity contribution >= 4 is 5.97 Å². The topological polar surface area (TPSA) is 148 Å². The smallest absolute Gasteiger partial charge is 0.335 e. The van der Waals surface area contributed by atoms with Crippen LogP contribution in [-0.2, 0) is 0 Å². The number of carbonyl (C=O) groups is 1. The molecule has 0 aromatic heterocycles. The number of aliphatic hydroxyl groups is 5. The Bertz CT molecular complexity index is 807. The fraction of sp³-hybridized carbons (Fsp3) is 0.350. The number of carboxylic acid groups (broad SMARTS) is 1. The molecule has 0 aliphatic carbocycles. The fourth-order valence-electron chi connectivity index (χ4n) is 2.69. The lowest BCUT2D eigenvalue weighted by Crippen LogP contribution is -2.47. The summed E-state index contributed by atoms with van der Waals surface area (Å²) >= 11 is 0. The van der Waals surface area contributed by atoms with E-state index in [-0.39, 0.29) is 24.3 Å². The van der Waals surface area contributed by atoms with E-state index in [1.54, 1.807) is 37.3 Å². The average Bonchev–Trinajstić information content (AvgIpc) is 2.68. The molecule has 0 saturated heterocycles. The van der Waals surface area contributed by atoms with Gasteiger partial charge < -0.3 is 35.4 Å². The van der Waals surface area contributed by atoms with E-state index in [9.17, 15) is 25.2 Å². The zero-order valence-electron chi connectivity index (χ0n) is 15.3. The third-order valence-electron chi connectivity index (χ3n) is 4.33. The van der Waals surface area contributed by atoms with Crippen molar-refractivity contribution in [1.29, 1.82) is 0 Å². The van der Waals surface area contributed by atoms with Crippen LogP contribution in [0, 0.1) is 6.92 Å².